The summed E-state index contributed by atoms with van der Waals surface area (Å²) in [5, 5.41) is 12.0. The molecule has 0 radical (unpaired) electrons. The lowest BCUT2D eigenvalue weighted by atomic mass is 10.1. The van der Waals surface area contributed by atoms with Gasteiger partial charge in [0.25, 0.3) is 5.91 Å². The van der Waals surface area contributed by atoms with Crippen molar-refractivity contribution in [1.82, 2.24) is 0 Å². The van der Waals surface area contributed by atoms with Gasteiger partial charge in [-0.1, -0.05) is 17.7 Å². The number of halogens is 1. The van der Waals surface area contributed by atoms with Gasteiger partial charge in [-0.15, -0.1) is 0 Å². The molecule has 1 N–H and O–H groups in total. The molecule has 2 aromatic rings. The molecule has 0 aliphatic rings. The zero-order valence-electron chi connectivity index (χ0n) is 14.5. The molecular formula is C19H17ClN2O4. The monoisotopic (exact) mass is 372 g/mol. The summed E-state index contributed by atoms with van der Waals surface area (Å²) in [5.74, 6) is -0.812. The van der Waals surface area contributed by atoms with Crippen LogP contribution in [-0.4, -0.2) is 25.1 Å². The first kappa shape index (κ1) is 19.3. The molecule has 0 aliphatic carbocycles. The minimum atomic E-state index is -1.05. The predicted octanol–water partition coefficient (Wildman–Crippen LogP) is 3.71. The molecule has 0 aliphatic heterocycles. The molecule has 0 heterocycles. The molecule has 0 bridgehead atoms. The van der Waals surface area contributed by atoms with Crippen molar-refractivity contribution in [3.63, 3.8) is 0 Å². The normalized spacial score (nSPS) is 11.2. The van der Waals surface area contributed by atoms with Crippen LogP contribution in [0.2, 0.25) is 5.02 Å². The molecule has 1 amide bonds. The number of anilines is 1. The fourth-order valence-electron chi connectivity index (χ4n) is 2.16. The van der Waals surface area contributed by atoms with Gasteiger partial charge in [0.1, 0.15) is 5.75 Å². The zero-order chi connectivity index (χ0) is 19.3. The minimum absolute atomic E-state index is 0.198. The summed E-state index contributed by atoms with van der Waals surface area (Å²) >= 11 is 6.04. The van der Waals surface area contributed by atoms with Crippen LogP contribution in [0, 0.1) is 18.3 Å². The van der Waals surface area contributed by atoms with E-state index < -0.39 is 18.0 Å². The van der Waals surface area contributed by atoms with Gasteiger partial charge >= 0.3 is 5.97 Å². The lowest BCUT2D eigenvalue weighted by Crippen LogP contribution is -2.30. The van der Waals surface area contributed by atoms with E-state index in [9.17, 15) is 9.59 Å². The van der Waals surface area contributed by atoms with Gasteiger partial charge in [0, 0.05) is 11.1 Å². The minimum Gasteiger partial charge on any atom is -0.495 e. The summed E-state index contributed by atoms with van der Waals surface area (Å²) in [6.45, 7) is 3.25. The number of hydrogen-bond donors (Lipinski definition) is 1. The van der Waals surface area contributed by atoms with Gasteiger partial charge in [-0.25, -0.2) is 4.79 Å². The van der Waals surface area contributed by atoms with Gasteiger partial charge in [-0.3, -0.25) is 4.79 Å². The standard InChI is InChI=1S/C19H17ClN2O4/c1-11-7-16(17(25-3)9-15(11)20)22-18(23)12(2)26-19(24)14-6-4-5-13(8-14)10-21/h4-9,12H,1-3H3,(H,22,23). The Labute approximate surface area is 156 Å². The molecule has 0 fully saturated rings. The lowest BCUT2D eigenvalue weighted by Gasteiger charge is -2.16. The molecule has 2 rings (SSSR count). The van der Waals surface area contributed by atoms with Crippen molar-refractivity contribution in [1.29, 1.82) is 5.26 Å². The number of carbonyl (C=O) groups is 2. The largest absolute Gasteiger partial charge is 0.495 e. The summed E-state index contributed by atoms with van der Waals surface area (Å²) in [4.78, 5) is 24.5. The van der Waals surface area contributed by atoms with Crippen molar-refractivity contribution in [2.45, 2.75) is 20.0 Å². The summed E-state index contributed by atoms with van der Waals surface area (Å²) in [5.41, 5.74) is 1.72. The van der Waals surface area contributed by atoms with Crippen molar-refractivity contribution in [2.24, 2.45) is 0 Å². The quantitative estimate of drug-likeness (QED) is 0.808. The Morgan fingerprint density at radius 2 is 2.00 bits per heavy atom. The Bertz CT molecular complexity index is 890. The van der Waals surface area contributed by atoms with Crippen molar-refractivity contribution < 1.29 is 19.1 Å². The molecule has 0 aromatic heterocycles. The maximum Gasteiger partial charge on any atom is 0.338 e. The molecule has 0 spiro atoms. The highest BCUT2D eigenvalue weighted by Crippen LogP contribution is 2.31. The van der Waals surface area contributed by atoms with Crippen LogP contribution in [-0.2, 0) is 9.53 Å². The first-order chi connectivity index (χ1) is 12.3. The Morgan fingerprint density at radius 3 is 2.65 bits per heavy atom. The number of methoxy groups -OCH3 is 1. The van der Waals surface area contributed by atoms with Gasteiger partial charge in [0.15, 0.2) is 6.10 Å². The number of nitriles is 1. The molecular weight excluding hydrogens is 356 g/mol. The van der Waals surface area contributed by atoms with Crippen LogP contribution in [0.25, 0.3) is 0 Å². The van der Waals surface area contributed by atoms with Crippen molar-refractivity contribution in [3.8, 4) is 11.8 Å². The summed E-state index contributed by atoms with van der Waals surface area (Å²) in [7, 11) is 1.46. The van der Waals surface area contributed by atoms with E-state index in [1.54, 1.807) is 31.2 Å². The van der Waals surface area contributed by atoms with Crippen LogP contribution in [0.5, 0.6) is 5.75 Å². The van der Waals surface area contributed by atoms with Crippen molar-refractivity contribution in [3.05, 3.63) is 58.1 Å². The average Bonchev–Trinajstić information content (AvgIpc) is 2.64. The third kappa shape index (κ3) is 4.52. The second-order valence-corrected chi connectivity index (χ2v) is 5.94. The smallest absolute Gasteiger partial charge is 0.338 e. The average molecular weight is 373 g/mol. The Kier molecular flexibility index (Phi) is 6.21. The molecule has 1 unspecified atom stereocenters. The fraction of sp³-hybridized carbons (Fsp3) is 0.211. The van der Waals surface area contributed by atoms with Gasteiger partial charge in [-0.2, -0.15) is 5.26 Å². The van der Waals surface area contributed by atoms with Crippen LogP contribution in [0.15, 0.2) is 36.4 Å². The number of carbonyl (C=O) groups excluding carboxylic acids is 2. The highest BCUT2D eigenvalue weighted by molar-refractivity contribution is 6.31. The second-order valence-electron chi connectivity index (χ2n) is 5.53. The predicted molar refractivity (Wildman–Crippen MR) is 97.4 cm³/mol. The van der Waals surface area contributed by atoms with E-state index in [1.807, 2.05) is 6.07 Å². The third-order valence-corrected chi connectivity index (χ3v) is 4.03. The van der Waals surface area contributed by atoms with Crippen LogP contribution in [0.3, 0.4) is 0 Å². The van der Waals surface area contributed by atoms with Crippen LogP contribution < -0.4 is 10.1 Å². The van der Waals surface area contributed by atoms with Crippen LogP contribution >= 0.6 is 11.6 Å². The summed E-state index contributed by atoms with van der Waals surface area (Å²) in [6, 6.07) is 11.3. The molecule has 7 heteroatoms. The van der Waals surface area contributed by atoms with E-state index >= 15 is 0 Å². The summed E-state index contributed by atoms with van der Waals surface area (Å²) < 4.78 is 10.4. The third-order valence-electron chi connectivity index (χ3n) is 3.62. The Balaban J connectivity index is 2.09. The van der Waals surface area contributed by atoms with E-state index in [-0.39, 0.29) is 5.56 Å². The molecule has 2 aromatic carbocycles. The number of nitrogens with one attached hydrogen (secondary N) is 1. The zero-order valence-corrected chi connectivity index (χ0v) is 15.3. The Morgan fingerprint density at radius 1 is 1.27 bits per heavy atom. The van der Waals surface area contributed by atoms with E-state index in [0.717, 1.165) is 5.56 Å². The highest BCUT2D eigenvalue weighted by Gasteiger charge is 2.21. The Hall–Kier alpha value is -3.04. The molecule has 6 nitrogen and oxygen atoms in total. The lowest BCUT2D eigenvalue weighted by molar-refractivity contribution is -0.123. The van der Waals surface area contributed by atoms with Gasteiger partial charge in [0.2, 0.25) is 0 Å². The van der Waals surface area contributed by atoms with Crippen LogP contribution in [0.4, 0.5) is 5.69 Å². The number of ether oxygens (including phenoxy) is 2. The maximum absolute atomic E-state index is 12.3. The first-order valence-corrected chi connectivity index (χ1v) is 8.09. The number of benzene rings is 2. The van der Waals surface area contributed by atoms with Gasteiger partial charge in [-0.05, 0) is 43.7 Å². The van der Waals surface area contributed by atoms with Gasteiger partial charge < -0.3 is 14.8 Å². The number of aryl methyl sites for hydroxylation is 1. The molecule has 0 saturated heterocycles. The van der Waals surface area contributed by atoms with E-state index in [2.05, 4.69) is 5.32 Å². The number of rotatable bonds is 5. The topological polar surface area (TPSA) is 88.4 Å². The molecule has 1 atom stereocenters. The molecule has 0 saturated carbocycles. The highest BCUT2D eigenvalue weighted by atomic mass is 35.5. The van der Waals surface area contributed by atoms with Gasteiger partial charge in [0.05, 0.1) is 30.0 Å². The number of hydrogen-bond acceptors (Lipinski definition) is 5. The van der Waals surface area contributed by atoms with Crippen molar-refractivity contribution >= 4 is 29.2 Å². The fourth-order valence-corrected chi connectivity index (χ4v) is 2.32. The van der Waals surface area contributed by atoms with E-state index in [4.69, 9.17) is 26.3 Å². The van der Waals surface area contributed by atoms with Crippen molar-refractivity contribution in [2.75, 3.05) is 12.4 Å². The first-order valence-electron chi connectivity index (χ1n) is 7.72. The van der Waals surface area contributed by atoms with E-state index in [0.29, 0.717) is 22.0 Å². The number of esters is 1. The molecule has 26 heavy (non-hydrogen) atoms. The van der Waals surface area contributed by atoms with Crippen LogP contribution in [0.1, 0.15) is 28.4 Å². The number of nitrogens with zero attached hydrogens (tertiary/aromatic N) is 1. The van der Waals surface area contributed by atoms with E-state index in [1.165, 1.54) is 26.2 Å². The number of amides is 1. The summed E-state index contributed by atoms with van der Waals surface area (Å²) in [6.07, 6.45) is -1.05. The maximum atomic E-state index is 12.3. The molecule has 134 valence electrons. The SMILES string of the molecule is COc1cc(Cl)c(C)cc1NC(=O)C(C)OC(=O)c1cccc(C#N)c1. The second kappa shape index (κ2) is 8.37.